The molecular formula is C56H94N4O41. The molecule has 584 valence electrons. The molecule has 8 heterocycles. The maximum absolute atomic E-state index is 12.9. The Morgan fingerprint density at radius 3 is 0.970 bits per heavy atom. The smallest absolute Gasteiger partial charge is 0.217 e. The predicted octanol–water partition coefficient (Wildman–Crippen LogP) is -17.9. The maximum atomic E-state index is 12.9. The highest BCUT2D eigenvalue weighted by Gasteiger charge is 2.60. The molecule has 45 nitrogen and oxygen atoms in total. The van der Waals surface area contributed by atoms with Gasteiger partial charge in [0, 0.05) is 27.7 Å². The first-order valence-electron chi connectivity index (χ1n) is 32.1. The number of carbonyl (C=O) groups is 4. The van der Waals surface area contributed by atoms with E-state index in [1.165, 1.54) is 0 Å². The van der Waals surface area contributed by atoms with Crippen molar-refractivity contribution in [3.8, 4) is 0 Å². The van der Waals surface area contributed by atoms with Gasteiger partial charge in [-0.3, -0.25) is 19.2 Å². The molecule has 0 aromatic carbocycles. The summed E-state index contributed by atoms with van der Waals surface area (Å²) < 4.78 is 88.6. The molecule has 0 bridgehead atoms. The number of amides is 4. The Morgan fingerprint density at radius 2 is 0.545 bits per heavy atom. The maximum Gasteiger partial charge on any atom is 0.217 e. The Labute approximate surface area is 572 Å². The predicted molar refractivity (Wildman–Crippen MR) is 311 cm³/mol. The van der Waals surface area contributed by atoms with Crippen LogP contribution in [0.2, 0.25) is 0 Å². The van der Waals surface area contributed by atoms with Gasteiger partial charge < -0.3 is 205 Å². The summed E-state index contributed by atoms with van der Waals surface area (Å²) in [4.78, 5) is 50.2. The van der Waals surface area contributed by atoms with Crippen molar-refractivity contribution in [1.29, 1.82) is 0 Å². The lowest BCUT2D eigenvalue weighted by Crippen LogP contribution is -2.70. The molecule has 0 radical (unpaired) electrons. The van der Waals surface area contributed by atoms with Crippen LogP contribution in [-0.2, 0) is 90.2 Å². The van der Waals surface area contributed by atoms with Gasteiger partial charge in [-0.25, -0.2) is 0 Å². The summed E-state index contributed by atoms with van der Waals surface area (Å²) in [5.74, 6) is -3.45. The molecule has 0 unspecified atom stereocenters. The third kappa shape index (κ3) is 18.5. The van der Waals surface area contributed by atoms with Gasteiger partial charge in [-0.2, -0.15) is 0 Å². The van der Waals surface area contributed by atoms with Gasteiger partial charge in [0.05, 0.1) is 52.9 Å². The van der Waals surface area contributed by atoms with Gasteiger partial charge in [-0.1, -0.05) is 0 Å². The molecule has 26 N–H and O–H groups in total. The Kier molecular flexibility index (Phi) is 29.9. The van der Waals surface area contributed by atoms with E-state index in [2.05, 4.69) is 21.3 Å². The summed E-state index contributed by atoms with van der Waals surface area (Å²) in [7, 11) is 0. The number of aliphatic hydroxyl groups excluding tert-OH is 22. The lowest BCUT2D eigenvalue weighted by atomic mass is 9.93. The lowest BCUT2D eigenvalue weighted by Gasteiger charge is -2.51. The molecule has 8 aliphatic rings. The van der Waals surface area contributed by atoms with E-state index in [9.17, 15) is 132 Å². The summed E-state index contributed by atoms with van der Waals surface area (Å²) in [6, 6.07) is -7.13. The van der Waals surface area contributed by atoms with Gasteiger partial charge in [0.25, 0.3) is 0 Å². The van der Waals surface area contributed by atoms with Gasteiger partial charge in [0.15, 0.2) is 50.3 Å². The Balaban J connectivity index is 1.13. The quantitative estimate of drug-likeness (QED) is 0.0382. The molecule has 4 amide bonds. The lowest BCUT2D eigenvalue weighted by molar-refractivity contribution is -0.396. The van der Waals surface area contributed by atoms with Crippen LogP contribution in [-0.4, -0.2) is 434 Å². The second-order valence-corrected chi connectivity index (χ2v) is 25.4. The summed E-state index contributed by atoms with van der Waals surface area (Å²) in [5, 5.41) is 252. The molecule has 0 saturated carbocycles. The minimum Gasteiger partial charge on any atom is -0.394 e. The van der Waals surface area contributed by atoms with Crippen molar-refractivity contribution in [2.45, 2.75) is 273 Å². The van der Waals surface area contributed by atoms with Gasteiger partial charge in [0.1, 0.15) is 195 Å². The molecule has 0 aliphatic carbocycles. The monoisotopic (exact) mass is 1480 g/mol. The van der Waals surface area contributed by atoms with E-state index in [1.807, 2.05) is 0 Å². The summed E-state index contributed by atoms with van der Waals surface area (Å²) in [6.07, 6.45) is -73.3. The molecular weight excluding hydrogens is 1380 g/mol. The number of aliphatic hydroxyl groups is 22. The van der Waals surface area contributed by atoms with Crippen molar-refractivity contribution in [2.75, 3.05) is 52.9 Å². The van der Waals surface area contributed by atoms with Crippen LogP contribution in [0.15, 0.2) is 0 Å². The molecule has 40 atom stereocenters. The van der Waals surface area contributed by atoms with E-state index in [0.29, 0.717) is 0 Å². The average molecular weight is 1480 g/mol. The van der Waals surface area contributed by atoms with Crippen LogP contribution in [0.3, 0.4) is 0 Å². The highest BCUT2D eigenvalue weighted by molar-refractivity contribution is 5.74. The van der Waals surface area contributed by atoms with Crippen molar-refractivity contribution in [2.24, 2.45) is 0 Å². The second kappa shape index (κ2) is 36.3. The number of nitrogens with one attached hydrogen (secondary N) is 4. The summed E-state index contributed by atoms with van der Waals surface area (Å²) in [6.45, 7) is -4.56. The highest BCUT2D eigenvalue weighted by atomic mass is 16.8. The first-order chi connectivity index (χ1) is 47.8. The van der Waals surface area contributed by atoms with Crippen LogP contribution < -0.4 is 21.3 Å². The number of hydrogen-bond acceptors (Lipinski definition) is 41. The zero-order chi connectivity index (χ0) is 74.5. The zero-order valence-electron chi connectivity index (χ0n) is 54.3. The van der Waals surface area contributed by atoms with Crippen LogP contribution in [0.5, 0.6) is 0 Å². The molecule has 0 aromatic heterocycles. The van der Waals surface area contributed by atoms with E-state index in [0.717, 1.165) is 27.7 Å². The first kappa shape index (κ1) is 83.0. The Hall–Kier alpha value is -3.60. The van der Waals surface area contributed by atoms with Crippen molar-refractivity contribution in [1.82, 2.24) is 21.3 Å². The van der Waals surface area contributed by atoms with Crippen LogP contribution in [0.4, 0.5) is 0 Å². The van der Waals surface area contributed by atoms with E-state index in [1.54, 1.807) is 0 Å². The molecule has 8 aliphatic heterocycles. The number of ether oxygens (including phenoxy) is 15. The standard InChI is InChI=1S/C56H94N4O41/c1-13(68)57-25-35(78)43(21(9-65)88-49(25)86)96-51-27(59-15(3)70)36(79)45(23(11-67)93-51)98-54-42(85)46(99-56-48(40(83)32(75)20(8-64)92-56)101-50-26(58-14(2)69)34(77)29(72)17(5-61)89-50)33(76)24(95-54)12-87-55-47(39(82)31(74)19(7-63)91-55)100-52-28(60-16(4)71)37(80)44(22(10-66)94-52)97-53-41(84)38(81)30(73)18(6-62)90-53/h17-56,61-67,72-86H,5-12H2,1-4H3,(H,57,68)(H,58,69)(H,59,70)(H,60,71)/t17-,18-,19+,20-,21+,22+,23-,24+,25+,26-,27-,28+,29-,30+,31+,32-,33+,34-,35+,36-,37+,38+,39-,40+,41-,42-,43+,44+,45-,46-,47-,48+,49+,50+,51+,52-,53+,54-,55-,56-/m1/s1. The third-order valence-electron chi connectivity index (χ3n) is 18.3. The Bertz CT molecular complexity index is 2640. The van der Waals surface area contributed by atoms with Gasteiger partial charge in [-0.05, 0) is 0 Å². The Morgan fingerprint density at radius 1 is 0.257 bits per heavy atom. The molecule has 0 aromatic rings. The summed E-state index contributed by atoms with van der Waals surface area (Å²) in [5.41, 5.74) is 0. The molecule has 8 fully saturated rings. The fraction of sp³-hybridized carbons (Fsp3) is 0.929. The highest BCUT2D eigenvalue weighted by Crippen LogP contribution is 2.39. The van der Waals surface area contributed by atoms with Crippen molar-refractivity contribution in [3.05, 3.63) is 0 Å². The van der Waals surface area contributed by atoms with Crippen molar-refractivity contribution >= 4 is 23.6 Å². The van der Waals surface area contributed by atoms with Crippen molar-refractivity contribution in [3.63, 3.8) is 0 Å². The van der Waals surface area contributed by atoms with Crippen LogP contribution in [0.25, 0.3) is 0 Å². The van der Waals surface area contributed by atoms with Gasteiger partial charge in [-0.15, -0.1) is 0 Å². The first-order valence-corrected chi connectivity index (χ1v) is 32.1. The topological polar surface area (TPSA) is 700 Å². The van der Waals surface area contributed by atoms with E-state index >= 15 is 0 Å². The van der Waals surface area contributed by atoms with Gasteiger partial charge >= 0.3 is 0 Å². The third-order valence-corrected chi connectivity index (χ3v) is 18.3. The number of hydrogen-bond donors (Lipinski definition) is 26. The number of rotatable bonds is 26. The van der Waals surface area contributed by atoms with Gasteiger partial charge in [0.2, 0.25) is 23.6 Å². The minimum absolute atomic E-state index is 0.769. The minimum atomic E-state index is -2.50. The number of carbonyl (C=O) groups excluding carboxylic acids is 4. The van der Waals surface area contributed by atoms with Crippen LogP contribution in [0.1, 0.15) is 27.7 Å². The van der Waals surface area contributed by atoms with E-state index in [-0.39, 0.29) is 0 Å². The van der Waals surface area contributed by atoms with Crippen LogP contribution >= 0.6 is 0 Å². The largest absolute Gasteiger partial charge is 0.394 e. The molecule has 45 heteroatoms. The molecule has 8 saturated heterocycles. The van der Waals surface area contributed by atoms with E-state index < -0.39 is 322 Å². The SMILES string of the molecule is CC(=O)N[C@@H]1[C@@H](O[C@H]2[C@H](OC[C@@H]3O[C@H](O[C@H]4[C@H](O)[C@@H](NC(C)=O)[C@H](O[C@@H]5[C@@H](O)[C@H](NC(C)=O)[C@@H](O)O[C@H]5CO)O[C@@H]4CO)[C@H](O)[C@H](O[C@H]4O[C@H](CO)[C@@H](O)[C@H](O)[C@@H]4O[C@@H]4O[C@H](CO)[C@@H](O)[C@H](O)[C@H]4NC(C)=O)[C@H]3O)O[C@@H](CO)[C@H](O)[C@H]2O)O[C@@H](CO)[C@H](O[C@@H]2O[C@H](CO)[C@H](O)[C@H](O)[C@H]2O)[C@H]1O. The molecule has 8 rings (SSSR count). The normalized spacial score (nSPS) is 48.3. The zero-order valence-corrected chi connectivity index (χ0v) is 54.3. The van der Waals surface area contributed by atoms with E-state index in [4.69, 9.17) is 71.1 Å². The van der Waals surface area contributed by atoms with Crippen LogP contribution in [0, 0.1) is 0 Å². The average Bonchev–Trinajstić information content (AvgIpc) is 0.770. The molecule has 101 heavy (non-hydrogen) atoms. The summed E-state index contributed by atoms with van der Waals surface area (Å²) >= 11 is 0. The fourth-order valence-electron chi connectivity index (χ4n) is 13.0. The second-order valence-electron chi connectivity index (χ2n) is 25.4. The molecule has 0 spiro atoms. The fourth-order valence-corrected chi connectivity index (χ4v) is 13.0. The van der Waals surface area contributed by atoms with Crippen molar-refractivity contribution < 1.29 is 203 Å².